The van der Waals surface area contributed by atoms with Crippen molar-refractivity contribution in [1.82, 2.24) is 24.3 Å². The molecule has 2 aliphatic heterocycles. The number of carbonyl (C=O) groups excluding carboxylic acids is 4. The van der Waals surface area contributed by atoms with E-state index in [0.717, 1.165) is 12.1 Å². The summed E-state index contributed by atoms with van der Waals surface area (Å²) < 4.78 is 12.3. The van der Waals surface area contributed by atoms with Crippen LogP contribution >= 0.6 is 0 Å². The van der Waals surface area contributed by atoms with Gasteiger partial charge in [0.2, 0.25) is 5.91 Å². The fourth-order valence-electron chi connectivity index (χ4n) is 4.36. The Labute approximate surface area is 206 Å². The van der Waals surface area contributed by atoms with Crippen molar-refractivity contribution < 1.29 is 28.7 Å². The molecule has 0 saturated carbocycles. The van der Waals surface area contributed by atoms with E-state index < -0.39 is 11.6 Å². The van der Waals surface area contributed by atoms with E-state index in [9.17, 15) is 19.2 Å². The first-order valence-electron chi connectivity index (χ1n) is 12.3. The lowest BCUT2D eigenvalue weighted by atomic mass is 10.0. The predicted molar refractivity (Wildman–Crippen MR) is 126 cm³/mol. The van der Waals surface area contributed by atoms with Crippen LogP contribution in [0.15, 0.2) is 6.20 Å². The van der Waals surface area contributed by atoms with Crippen molar-refractivity contribution in [2.24, 2.45) is 0 Å². The van der Waals surface area contributed by atoms with Gasteiger partial charge in [0.25, 0.3) is 0 Å². The van der Waals surface area contributed by atoms with Gasteiger partial charge in [-0.1, -0.05) is 6.92 Å². The molecular formula is C24H37N5O6. The van der Waals surface area contributed by atoms with Crippen LogP contribution in [0.5, 0.6) is 0 Å². The lowest BCUT2D eigenvalue weighted by Crippen LogP contribution is -2.48. The Balaban J connectivity index is 1.50. The number of piperidine rings is 1. The van der Waals surface area contributed by atoms with Crippen molar-refractivity contribution in [3.8, 4) is 0 Å². The Morgan fingerprint density at radius 3 is 2.46 bits per heavy atom. The largest absolute Gasteiger partial charge is 0.457 e. The minimum absolute atomic E-state index is 0.00705. The third kappa shape index (κ3) is 6.73. The van der Waals surface area contributed by atoms with Crippen LogP contribution in [0.25, 0.3) is 0 Å². The number of hydrogen-bond acceptors (Lipinski definition) is 7. The second-order valence-corrected chi connectivity index (χ2v) is 10.0. The molecule has 0 aromatic carbocycles. The maximum absolute atomic E-state index is 13.1. The lowest BCUT2D eigenvalue weighted by Gasteiger charge is -2.36. The van der Waals surface area contributed by atoms with Gasteiger partial charge >= 0.3 is 18.1 Å². The minimum atomic E-state index is -0.544. The minimum Gasteiger partial charge on any atom is -0.457 e. The zero-order chi connectivity index (χ0) is 25.8. The summed E-state index contributed by atoms with van der Waals surface area (Å²) in [6, 6.07) is -0.183. The monoisotopic (exact) mass is 491 g/mol. The van der Waals surface area contributed by atoms with E-state index in [4.69, 9.17) is 9.47 Å². The standard InChI is InChI=1S/C24H37N5O6/c1-6-10-26(17(2)30)13-9-21(31)34-16-20-25-14-19-15-28(22(32)29(19)20)18-7-11-27(12-8-18)23(33)35-24(3,4)5/h14,18H,6-13,15-16H2,1-5H3. The number of esters is 1. The van der Waals surface area contributed by atoms with Crippen molar-refractivity contribution in [1.29, 1.82) is 0 Å². The molecule has 0 radical (unpaired) electrons. The van der Waals surface area contributed by atoms with Crippen LogP contribution in [-0.4, -0.2) is 86.1 Å². The van der Waals surface area contributed by atoms with E-state index in [1.165, 1.54) is 11.5 Å². The molecule has 35 heavy (non-hydrogen) atoms. The highest BCUT2D eigenvalue weighted by Gasteiger charge is 2.37. The van der Waals surface area contributed by atoms with Crippen LogP contribution in [0.3, 0.4) is 0 Å². The SMILES string of the molecule is CCCN(CCC(=O)OCc1ncc2n1C(=O)N(C1CCN(C(=O)OC(C)(C)C)CC1)C2)C(C)=O. The molecule has 194 valence electrons. The van der Waals surface area contributed by atoms with Crippen LogP contribution < -0.4 is 0 Å². The third-order valence-electron chi connectivity index (χ3n) is 6.12. The van der Waals surface area contributed by atoms with E-state index in [-0.39, 0.29) is 37.1 Å². The molecule has 1 aromatic rings. The average molecular weight is 492 g/mol. The molecule has 2 aliphatic rings. The molecule has 11 nitrogen and oxygen atoms in total. The Morgan fingerprint density at radius 2 is 1.86 bits per heavy atom. The number of rotatable bonds is 8. The summed E-state index contributed by atoms with van der Waals surface area (Å²) in [4.78, 5) is 58.6. The summed E-state index contributed by atoms with van der Waals surface area (Å²) in [5, 5.41) is 0. The second kappa shape index (κ2) is 11.1. The fraction of sp³-hybridized carbons (Fsp3) is 0.708. The number of fused-ring (bicyclic) bond motifs is 1. The van der Waals surface area contributed by atoms with Crippen LogP contribution in [0, 0.1) is 0 Å². The van der Waals surface area contributed by atoms with Gasteiger partial charge in [-0.05, 0) is 40.0 Å². The van der Waals surface area contributed by atoms with Crippen LogP contribution in [0.2, 0.25) is 0 Å². The van der Waals surface area contributed by atoms with E-state index in [2.05, 4.69) is 4.98 Å². The number of hydrogen-bond donors (Lipinski definition) is 0. The maximum Gasteiger partial charge on any atom is 0.410 e. The van der Waals surface area contributed by atoms with Crippen molar-refractivity contribution in [3.63, 3.8) is 0 Å². The highest BCUT2D eigenvalue weighted by molar-refractivity contribution is 5.81. The number of nitrogens with zero attached hydrogens (tertiary/aromatic N) is 5. The van der Waals surface area contributed by atoms with Crippen LogP contribution in [0.4, 0.5) is 9.59 Å². The molecule has 0 atom stereocenters. The lowest BCUT2D eigenvalue weighted by molar-refractivity contribution is -0.146. The van der Waals surface area contributed by atoms with Gasteiger partial charge in [-0.25, -0.2) is 19.1 Å². The van der Waals surface area contributed by atoms with Crippen LogP contribution in [-0.2, 0) is 32.2 Å². The molecule has 11 heteroatoms. The zero-order valence-corrected chi connectivity index (χ0v) is 21.4. The average Bonchev–Trinajstić information content (AvgIpc) is 3.34. The molecular weight excluding hydrogens is 454 g/mol. The predicted octanol–water partition coefficient (Wildman–Crippen LogP) is 2.76. The summed E-state index contributed by atoms with van der Waals surface area (Å²) in [5.41, 5.74) is 0.207. The number of ether oxygens (including phenoxy) is 2. The second-order valence-electron chi connectivity index (χ2n) is 10.0. The van der Waals surface area contributed by atoms with Crippen molar-refractivity contribution >= 4 is 24.0 Å². The highest BCUT2D eigenvalue weighted by atomic mass is 16.6. The van der Waals surface area contributed by atoms with E-state index in [1.807, 2.05) is 27.7 Å². The van der Waals surface area contributed by atoms with Crippen molar-refractivity contribution in [3.05, 3.63) is 17.7 Å². The Morgan fingerprint density at radius 1 is 1.17 bits per heavy atom. The van der Waals surface area contributed by atoms with E-state index in [1.54, 1.807) is 20.9 Å². The van der Waals surface area contributed by atoms with Crippen LogP contribution in [0.1, 0.15) is 71.8 Å². The Hall–Kier alpha value is -3.11. The molecule has 3 amide bonds. The first-order valence-corrected chi connectivity index (χ1v) is 12.3. The van der Waals surface area contributed by atoms with E-state index in [0.29, 0.717) is 51.4 Å². The molecule has 1 aromatic heterocycles. The van der Waals surface area contributed by atoms with Gasteiger partial charge in [0.1, 0.15) is 12.2 Å². The molecule has 1 saturated heterocycles. The summed E-state index contributed by atoms with van der Waals surface area (Å²) in [6.45, 7) is 11.2. The van der Waals surface area contributed by atoms with Gasteiger partial charge in [-0.2, -0.15) is 0 Å². The van der Waals surface area contributed by atoms with E-state index >= 15 is 0 Å². The highest BCUT2D eigenvalue weighted by Crippen LogP contribution is 2.27. The van der Waals surface area contributed by atoms with Gasteiger partial charge in [0.15, 0.2) is 5.82 Å². The summed E-state index contributed by atoms with van der Waals surface area (Å²) in [6.07, 6.45) is 3.53. The van der Waals surface area contributed by atoms with Crippen molar-refractivity contribution in [2.75, 3.05) is 26.2 Å². The fourth-order valence-corrected chi connectivity index (χ4v) is 4.36. The first-order chi connectivity index (χ1) is 16.5. The Kier molecular flexibility index (Phi) is 8.39. The Bertz CT molecular complexity index is 945. The smallest absolute Gasteiger partial charge is 0.410 e. The summed E-state index contributed by atoms with van der Waals surface area (Å²) in [5.74, 6) is -0.140. The number of imidazole rings is 1. The number of likely N-dealkylation sites (tertiary alicyclic amines) is 1. The number of amides is 3. The van der Waals surface area contributed by atoms with Crippen molar-refractivity contribution in [2.45, 2.75) is 85.1 Å². The topological polar surface area (TPSA) is 114 Å². The zero-order valence-electron chi connectivity index (χ0n) is 21.4. The summed E-state index contributed by atoms with van der Waals surface area (Å²) >= 11 is 0. The number of aromatic nitrogens is 2. The molecule has 0 unspecified atom stereocenters. The van der Waals surface area contributed by atoms with Gasteiger partial charge in [0, 0.05) is 39.1 Å². The first kappa shape index (κ1) is 26.5. The summed E-state index contributed by atoms with van der Waals surface area (Å²) in [7, 11) is 0. The molecule has 0 bridgehead atoms. The number of carbonyl (C=O) groups is 4. The molecule has 0 N–H and O–H groups in total. The van der Waals surface area contributed by atoms with Gasteiger partial charge in [-0.15, -0.1) is 0 Å². The van der Waals surface area contributed by atoms with Gasteiger partial charge in [0.05, 0.1) is 24.9 Å². The molecule has 3 rings (SSSR count). The third-order valence-corrected chi connectivity index (χ3v) is 6.12. The maximum atomic E-state index is 13.1. The van der Waals surface area contributed by atoms with Gasteiger partial charge in [-0.3, -0.25) is 9.59 Å². The molecule has 1 fully saturated rings. The van der Waals surface area contributed by atoms with Gasteiger partial charge < -0.3 is 24.2 Å². The quantitative estimate of drug-likeness (QED) is 0.514. The normalized spacial score (nSPS) is 16.3. The molecule has 3 heterocycles. The molecule has 0 spiro atoms. The molecule has 0 aliphatic carbocycles.